The van der Waals surface area contributed by atoms with Gasteiger partial charge in [-0.3, -0.25) is 19.6 Å². The van der Waals surface area contributed by atoms with Crippen LogP contribution in [0.4, 0.5) is 11.4 Å². The monoisotopic (exact) mass is 461 g/mol. The molecule has 8 nitrogen and oxygen atoms in total. The molecule has 3 heterocycles. The van der Waals surface area contributed by atoms with E-state index in [4.69, 9.17) is 0 Å². The van der Waals surface area contributed by atoms with E-state index < -0.39 is 0 Å². The summed E-state index contributed by atoms with van der Waals surface area (Å²) in [5.41, 5.74) is 2.98. The molecule has 0 aliphatic carbocycles. The van der Waals surface area contributed by atoms with E-state index >= 15 is 0 Å². The number of benzene rings is 2. The molecule has 4 aromatic rings. The summed E-state index contributed by atoms with van der Waals surface area (Å²) in [5, 5.41) is 16.8. The van der Waals surface area contributed by atoms with Crippen molar-refractivity contribution in [1.29, 1.82) is 0 Å². The fourth-order valence-corrected chi connectivity index (χ4v) is 5.34. The molecule has 168 valence electrons. The lowest BCUT2D eigenvalue weighted by Gasteiger charge is -2.35. The van der Waals surface area contributed by atoms with E-state index in [9.17, 15) is 14.9 Å². The number of thiophene rings is 1. The second-order valence-electron chi connectivity index (χ2n) is 8.11. The Morgan fingerprint density at radius 1 is 1.06 bits per heavy atom. The predicted molar refractivity (Wildman–Crippen MR) is 129 cm³/mol. The first kappa shape index (κ1) is 21.1. The van der Waals surface area contributed by atoms with E-state index in [0.29, 0.717) is 32.7 Å². The van der Waals surface area contributed by atoms with Crippen LogP contribution in [0.3, 0.4) is 0 Å². The number of nitrogens with zero attached hydrogens (tertiary/aromatic N) is 5. The van der Waals surface area contributed by atoms with Crippen LogP contribution in [0.5, 0.6) is 0 Å². The van der Waals surface area contributed by atoms with Crippen molar-refractivity contribution in [3.63, 3.8) is 0 Å². The van der Waals surface area contributed by atoms with Gasteiger partial charge in [-0.25, -0.2) is 0 Å². The lowest BCUT2D eigenvalue weighted by Crippen LogP contribution is -2.48. The normalized spacial score (nSPS) is 14.1. The number of aromatic nitrogens is 2. The summed E-state index contributed by atoms with van der Waals surface area (Å²) in [6.07, 6.45) is 0. The molecule has 0 N–H and O–H groups in total. The number of anilines is 1. The van der Waals surface area contributed by atoms with Crippen molar-refractivity contribution in [3.05, 3.63) is 86.9 Å². The molecule has 0 spiro atoms. The van der Waals surface area contributed by atoms with Crippen molar-refractivity contribution in [3.8, 4) is 0 Å². The zero-order chi connectivity index (χ0) is 22.9. The van der Waals surface area contributed by atoms with Gasteiger partial charge in [-0.05, 0) is 24.6 Å². The Bertz CT molecular complexity index is 1320. The summed E-state index contributed by atoms with van der Waals surface area (Å²) in [6.45, 7) is 5.07. The van der Waals surface area contributed by atoms with E-state index in [1.54, 1.807) is 12.1 Å². The molecule has 33 heavy (non-hydrogen) atoms. The molecule has 1 aliphatic rings. The van der Waals surface area contributed by atoms with E-state index in [2.05, 4.69) is 22.1 Å². The number of carbonyl (C=O) groups excluding carboxylic acids is 1. The Morgan fingerprint density at radius 2 is 1.82 bits per heavy atom. The van der Waals surface area contributed by atoms with Crippen LogP contribution in [-0.4, -0.2) is 51.7 Å². The van der Waals surface area contributed by atoms with Gasteiger partial charge in [0.1, 0.15) is 4.83 Å². The Morgan fingerprint density at radius 3 is 2.55 bits per heavy atom. The first-order valence-electron chi connectivity index (χ1n) is 10.8. The smallest absolute Gasteiger partial charge is 0.271 e. The van der Waals surface area contributed by atoms with Crippen LogP contribution in [0.1, 0.15) is 20.9 Å². The zero-order valence-electron chi connectivity index (χ0n) is 18.2. The Hall–Kier alpha value is -3.72. The number of aryl methyl sites for hydroxylation is 1. The lowest BCUT2D eigenvalue weighted by atomic mass is 10.2. The molecular weight excluding hydrogens is 438 g/mol. The van der Waals surface area contributed by atoms with Gasteiger partial charge in [0.05, 0.1) is 22.0 Å². The van der Waals surface area contributed by atoms with Gasteiger partial charge in [-0.15, -0.1) is 11.3 Å². The predicted octanol–water partition coefficient (Wildman–Crippen LogP) is 4.33. The van der Waals surface area contributed by atoms with Gasteiger partial charge in [0.15, 0.2) is 0 Å². The largest absolute Gasteiger partial charge is 0.368 e. The maximum Gasteiger partial charge on any atom is 0.271 e. The summed E-state index contributed by atoms with van der Waals surface area (Å²) in [4.78, 5) is 29.6. The average molecular weight is 462 g/mol. The van der Waals surface area contributed by atoms with Crippen molar-refractivity contribution in [2.24, 2.45) is 0 Å². The molecule has 1 amide bonds. The number of nitro benzene ring substituents is 1. The number of fused-ring (bicyclic) bond motifs is 1. The van der Waals surface area contributed by atoms with Gasteiger partial charge in [0.2, 0.25) is 0 Å². The number of piperazine rings is 1. The lowest BCUT2D eigenvalue weighted by molar-refractivity contribution is -0.384. The maximum absolute atomic E-state index is 13.2. The fourth-order valence-electron chi connectivity index (χ4n) is 4.21. The molecule has 1 saturated heterocycles. The van der Waals surface area contributed by atoms with Gasteiger partial charge < -0.3 is 9.80 Å². The van der Waals surface area contributed by atoms with Gasteiger partial charge in [0, 0.05) is 49.4 Å². The van der Waals surface area contributed by atoms with Crippen LogP contribution in [0.15, 0.2) is 60.7 Å². The van der Waals surface area contributed by atoms with Crippen molar-refractivity contribution in [2.75, 3.05) is 31.1 Å². The summed E-state index contributed by atoms with van der Waals surface area (Å²) >= 11 is 1.49. The van der Waals surface area contributed by atoms with Gasteiger partial charge in [-0.2, -0.15) is 5.10 Å². The summed E-state index contributed by atoms with van der Waals surface area (Å²) in [5.74, 6) is 0.0283. The van der Waals surface area contributed by atoms with Crippen molar-refractivity contribution >= 4 is 38.8 Å². The van der Waals surface area contributed by atoms with Crippen LogP contribution in [-0.2, 0) is 6.54 Å². The minimum Gasteiger partial charge on any atom is -0.368 e. The highest BCUT2D eigenvalue weighted by atomic mass is 32.1. The third kappa shape index (κ3) is 4.19. The zero-order valence-corrected chi connectivity index (χ0v) is 19.0. The first-order chi connectivity index (χ1) is 16.0. The Balaban J connectivity index is 1.30. The van der Waals surface area contributed by atoms with Crippen molar-refractivity contribution in [1.82, 2.24) is 14.7 Å². The molecule has 2 aromatic heterocycles. The molecule has 0 saturated carbocycles. The number of hydrogen-bond donors (Lipinski definition) is 0. The van der Waals surface area contributed by atoms with E-state index in [-0.39, 0.29) is 16.5 Å². The highest BCUT2D eigenvalue weighted by molar-refractivity contribution is 7.20. The quantitative estimate of drug-likeness (QED) is 0.326. The van der Waals surface area contributed by atoms with Crippen molar-refractivity contribution < 1.29 is 9.72 Å². The molecular formula is C24H23N5O3S. The third-order valence-corrected chi connectivity index (χ3v) is 7.10. The maximum atomic E-state index is 13.2. The van der Waals surface area contributed by atoms with E-state index in [0.717, 1.165) is 26.5 Å². The minimum absolute atomic E-state index is 0.0283. The van der Waals surface area contributed by atoms with Crippen LogP contribution in [0.25, 0.3) is 10.2 Å². The summed E-state index contributed by atoms with van der Waals surface area (Å²) in [6, 6.07) is 18.8. The molecule has 0 bridgehead atoms. The number of carbonyl (C=O) groups is 1. The van der Waals surface area contributed by atoms with Crippen LogP contribution < -0.4 is 4.90 Å². The third-order valence-electron chi connectivity index (χ3n) is 5.97. The second-order valence-corrected chi connectivity index (χ2v) is 9.14. The molecule has 1 aliphatic heterocycles. The van der Waals surface area contributed by atoms with Gasteiger partial charge >= 0.3 is 0 Å². The van der Waals surface area contributed by atoms with Gasteiger partial charge in [0.25, 0.3) is 11.6 Å². The molecule has 9 heteroatoms. The Kier molecular flexibility index (Phi) is 5.55. The molecule has 0 atom stereocenters. The first-order valence-corrected chi connectivity index (χ1v) is 11.6. The van der Waals surface area contributed by atoms with E-state index in [1.807, 2.05) is 46.8 Å². The van der Waals surface area contributed by atoms with Crippen LogP contribution in [0.2, 0.25) is 0 Å². The molecule has 0 unspecified atom stereocenters. The standard InChI is InChI=1S/C24H23N5O3S/c1-17-21-15-22(33-24(21)28(25-17)16-18-6-3-2-4-7-18)23(30)27-12-10-26(11-13-27)19-8-5-9-20(14-19)29(31)32/h2-9,14-15H,10-13,16H2,1H3. The minimum atomic E-state index is -0.383. The number of hydrogen-bond acceptors (Lipinski definition) is 6. The summed E-state index contributed by atoms with van der Waals surface area (Å²) in [7, 11) is 0. The summed E-state index contributed by atoms with van der Waals surface area (Å²) < 4.78 is 1.97. The highest BCUT2D eigenvalue weighted by Gasteiger charge is 2.25. The van der Waals surface area contributed by atoms with Gasteiger partial charge in [-0.1, -0.05) is 36.4 Å². The highest BCUT2D eigenvalue weighted by Crippen LogP contribution is 2.30. The van der Waals surface area contributed by atoms with Crippen LogP contribution in [0, 0.1) is 17.0 Å². The SMILES string of the molecule is Cc1nn(Cc2ccccc2)c2sc(C(=O)N3CCN(c4cccc([N+](=O)[O-])c4)CC3)cc12. The molecule has 2 aromatic carbocycles. The van der Waals surface area contributed by atoms with Crippen LogP contribution >= 0.6 is 11.3 Å². The number of non-ortho nitro benzene ring substituents is 1. The number of nitro groups is 1. The Labute approximate surface area is 194 Å². The molecule has 0 radical (unpaired) electrons. The average Bonchev–Trinajstić information content (AvgIpc) is 3.40. The van der Waals surface area contributed by atoms with Crippen molar-refractivity contribution in [2.45, 2.75) is 13.5 Å². The molecule has 5 rings (SSSR count). The second kappa shape index (κ2) is 8.67. The topological polar surface area (TPSA) is 84.5 Å². The van der Waals surface area contributed by atoms with E-state index in [1.165, 1.54) is 23.0 Å². The fraction of sp³-hybridized carbons (Fsp3) is 0.250. The molecule has 1 fully saturated rings. The number of amides is 1. The number of rotatable bonds is 5.